The number of nitrogens with zero attached hydrogens (tertiary/aromatic N) is 2. The Labute approximate surface area is 95.5 Å². The SMILES string of the molecule is C=Cn1cc[n+](C)c1.O=S(=O)([O-])OC(F)(F)F. The van der Waals surface area contributed by atoms with Crippen LogP contribution in [0.15, 0.2) is 25.3 Å². The van der Waals surface area contributed by atoms with E-state index in [2.05, 4.69) is 6.58 Å². The van der Waals surface area contributed by atoms with Gasteiger partial charge in [0.15, 0.2) is 0 Å². The maximum atomic E-state index is 10.8. The van der Waals surface area contributed by atoms with Gasteiger partial charge in [-0.15, -0.1) is 13.2 Å². The quantitative estimate of drug-likeness (QED) is 0.444. The van der Waals surface area contributed by atoms with Crippen molar-refractivity contribution in [3.8, 4) is 0 Å². The molecule has 10 heteroatoms. The zero-order valence-electron chi connectivity index (χ0n) is 8.59. The highest BCUT2D eigenvalue weighted by Crippen LogP contribution is 2.17. The van der Waals surface area contributed by atoms with E-state index in [9.17, 15) is 13.2 Å². The van der Waals surface area contributed by atoms with Crippen molar-refractivity contribution in [2.75, 3.05) is 0 Å². The molecule has 0 radical (unpaired) electrons. The number of alkyl halides is 3. The minimum Gasteiger partial charge on any atom is -0.725 e. The summed E-state index contributed by atoms with van der Waals surface area (Å²) in [6.45, 7) is 3.59. The first-order valence-corrected chi connectivity index (χ1v) is 5.25. The van der Waals surface area contributed by atoms with Crippen molar-refractivity contribution in [3.63, 3.8) is 0 Å². The molecule has 0 N–H and O–H groups in total. The molecule has 0 spiro atoms. The largest absolute Gasteiger partial charge is 0.725 e. The molecule has 0 aliphatic heterocycles. The molecule has 1 heterocycles. The Kier molecular flexibility index (Phi) is 5.32. The number of halogens is 3. The van der Waals surface area contributed by atoms with Gasteiger partial charge in [0.2, 0.25) is 16.7 Å². The monoisotopic (exact) mass is 274 g/mol. The van der Waals surface area contributed by atoms with Crippen molar-refractivity contribution in [3.05, 3.63) is 25.3 Å². The molecule has 0 bridgehead atoms. The number of imidazole rings is 1. The Morgan fingerprint density at radius 1 is 1.53 bits per heavy atom. The Balaban J connectivity index is 0.000000302. The van der Waals surface area contributed by atoms with E-state index >= 15 is 0 Å². The summed E-state index contributed by atoms with van der Waals surface area (Å²) in [4.78, 5) is 0. The molecule has 0 saturated heterocycles. The number of aryl methyl sites for hydroxylation is 1. The molecule has 17 heavy (non-hydrogen) atoms. The summed E-state index contributed by atoms with van der Waals surface area (Å²) in [5, 5.41) is 0. The van der Waals surface area contributed by atoms with Gasteiger partial charge in [0.25, 0.3) is 0 Å². The highest BCUT2D eigenvalue weighted by atomic mass is 32.3. The van der Waals surface area contributed by atoms with Crippen LogP contribution in [-0.2, 0) is 21.6 Å². The number of rotatable bonds is 2. The van der Waals surface area contributed by atoms with Crippen LogP contribution in [0.2, 0.25) is 0 Å². The summed E-state index contributed by atoms with van der Waals surface area (Å²) >= 11 is 0. The van der Waals surface area contributed by atoms with Crippen LogP contribution in [0.4, 0.5) is 13.2 Å². The maximum absolute atomic E-state index is 10.8. The van der Waals surface area contributed by atoms with Crippen molar-refractivity contribution in [1.82, 2.24) is 4.57 Å². The van der Waals surface area contributed by atoms with Crippen molar-refractivity contribution < 1.29 is 34.9 Å². The molecule has 0 atom stereocenters. The standard InChI is InChI=1S/C6H9N2.CHF3O4S/c1-3-8-5-4-7(2)6-8;2-1(3,4)8-9(5,6)7/h3-6H,1H2,2H3;(H,5,6,7)/q+1;/p-1. The molecule has 1 aromatic rings. The van der Waals surface area contributed by atoms with Crippen molar-refractivity contribution >= 4 is 16.6 Å². The molecule has 6 nitrogen and oxygen atoms in total. The second kappa shape index (κ2) is 5.80. The van der Waals surface area contributed by atoms with Crippen molar-refractivity contribution in [2.45, 2.75) is 6.36 Å². The van der Waals surface area contributed by atoms with Gasteiger partial charge in [0, 0.05) is 0 Å². The lowest BCUT2D eigenvalue weighted by Gasteiger charge is -2.08. The molecule has 0 aliphatic carbocycles. The topological polar surface area (TPSA) is 75.2 Å². The minimum atomic E-state index is -5.66. The van der Waals surface area contributed by atoms with Gasteiger partial charge in [-0.3, -0.25) is 0 Å². The fraction of sp³-hybridized carbons (Fsp3) is 0.286. The number of hydrogen-bond donors (Lipinski definition) is 0. The van der Waals surface area contributed by atoms with Gasteiger partial charge in [0.1, 0.15) is 12.4 Å². The van der Waals surface area contributed by atoms with Crippen LogP contribution in [0.25, 0.3) is 6.20 Å². The van der Waals surface area contributed by atoms with Gasteiger partial charge in [-0.1, -0.05) is 6.58 Å². The predicted molar refractivity (Wildman–Crippen MR) is 48.8 cm³/mol. The fourth-order valence-electron chi connectivity index (χ4n) is 0.693. The molecule has 0 saturated carbocycles. The smallest absolute Gasteiger partial charge is 0.536 e. The Hall–Kier alpha value is -1.39. The Bertz CT molecular complexity index is 466. The van der Waals surface area contributed by atoms with Crippen LogP contribution in [0.1, 0.15) is 0 Å². The number of hydrogen-bond acceptors (Lipinski definition) is 4. The van der Waals surface area contributed by atoms with Crippen LogP contribution in [0.5, 0.6) is 0 Å². The molecule has 0 unspecified atom stereocenters. The van der Waals surface area contributed by atoms with Crippen LogP contribution in [0, 0.1) is 0 Å². The van der Waals surface area contributed by atoms with E-state index in [-0.39, 0.29) is 0 Å². The van der Waals surface area contributed by atoms with Crippen LogP contribution < -0.4 is 4.57 Å². The highest BCUT2D eigenvalue weighted by Gasteiger charge is 2.32. The lowest BCUT2D eigenvalue weighted by atomic mass is 10.8. The fourth-order valence-corrected chi connectivity index (χ4v) is 0.925. The minimum absolute atomic E-state index is 1.75. The van der Waals surface area contributed by atoms with E-state index in [1.165, 1.54) is 0 Å². The van der Waals surface area contributed by atoms with E-state index in [1.807, 2.05) is 39.1 Å². The lowest BCUT2D eigenvalue weighted by molar-refractivity contribution is -0.670. The van der Waals surface area contributed by atoms with Crippen molar-refractivity contribution in [1.29, 1.82) is 0 Å². The zero-order valence-corrected chi connectivity index (χ0v) is 9.40. The van der Waals surface area contributed by atoms with E-state index in [0.717, 1.165) is 0 Å². The van der Waals surface area contributed by atoms with Crippen molar-refractivity contribution in [2.24, 2.45) is 7.05 Å². The Morgan fingerprint density at radius 3 is 2.18 bits per heavy atom. The van der Waals surface area contributed by atoms with E-state index < -0.39 is 16.8 Å². The summed E-state index contributed by atoms with van der Waals surface area (Å²) in [6.07, 6.45) is 2.17. The predicted octanol–water partition coefficient (Wildman–Crippen LogP) is 0.396. The molecular weight excluding hydrogens is 265 g/mol. The highest BCUT2D eigenvalue weighted by molar-refractivity contribution is 7.80. The van der Waals surface area contributed by atoms with E-state index in [1.54, 1.807) is 6.20 Å². The zero-order chi connectivity index (χ0) is 13.7. The second-order valence-electron chi connectivity index (χ2n) is 2.65. The second-order valence-corrected chi connectivity index (χ2v) is 3.63. The first-order chi connectivity index (χ1) is 7.53. The van der Waals surface area contributed by atoms with Gasteiger partial charge in [-0.05, 0) is 0 Å². The van der Waals surface area contributed by atoms with Gasteiger partial charge in [0.05, 0.1) is 13.2 Å². The summed E-state index contributed by atoms with van der Waals surface area (Å²) in [5.74, 6) is 0. The van der Waals surface area contributed by atoms with Gasteiger partial charge in [-0.2, -0.15) is 4.18 Å². The summed E-state index contributed by atoms with van der Waals surface area (Å²) in [6, 6.07) is 0. The van der Waals surface area contributed by atoms with Crippen LogP contribution in [0.3, 0.4) is 0 Å². The van der Waals surface area contributed by atoms with Crippen LogP contribution >= 0.6 is 0 Å². The van der Waals surface area contributed by atoms with Gasteiger partial charge >= 0.3 is 6.36 Å². The third-order valence-electron chi connectivity index (χ3n) is 1.20. The lowest BCUT2D eigenvalue weighted by Crippen LogP contribution is -2.23. The van der Waals surface area contributed by atoms with Crippen LogP contribution in [-0.4, -0.2) is 23.9 Å². The molecule has 1 rings (SSSR count). The van der Waals surface area contributed by atoms with E-state index in [4.69, 9.17) is 13.0 Å². The first-order valence-electron chi connectivity index (χ1n) is 3.92. The third kappa shape index (κ3) is 9.53. The van der Waals surface area contributed by atoms with Gasteiger partial charge < -0.3 is 4.55 Å². The van der Waals surface area contributed by atoms with Gasteiger partial charge in [-0.25, -0.2) is 17.6 Å². The molecular formula is C7H9F3N2O4S. The summed E-state index contributed by atoms with van der Waals surface area (Å²) < 4.78 is 65.6. The third-order valence-corrected chi connectivity index (χ3v) is 1.59. The molecule has 0 aliphatic rings. The Morgan fingerprint density at radius 2 is 2.06 bits per heavy atom. The normalized spacial score (nSPS) is 11.6. The number of aromatic nitrogens is 2. The molecule has 0 amide bonds. The first kappa shape index (κ1) is 15.6. The average Bonchev–Trinajstić information content (AvgIpc) is 2.45. The molecule has 98 valence electrons. The summed E-state index contributed by atoms with van der Waals surface area (Å²) in [7, 11) is -3.68. The average molecular weight is 274 g/mol. The molecule has 0 aromatic carbocycles. The molecule has 0 fully saturated rings. The van der Waals surface area contributed by atoms with E-state index in [0.29, 0.717) is 0 Å². The maximum Gasteiger partial charge on any atom is 0.536 e. The molecule has 1 aromatic heterocycles. The summed E-state index contributed by atoms with van der Waals surface area (Å²) in [5.41, 5.74) is 0.